The van der Waals surface area contributed by atoms with E-state index in [0.717, 1.165) is 5.69 Å². The summed E-state index contributed by atoms with van der Waals surface area (Å²) in [5.41, 5.74) is 3.27. The molecule has 0 aliphatic rings. The van der Waals surface area contributed by atoms with Crippen molar-refractivity contribution in [2.45, 2.75) is 64.2 Å². The Hall–Kier alpha value is -1.40. The fourth-order valence-corrected chi connectivity index (χ4v) is 9.47. The molecule has 0 unspecified atom stereocenters. The standard InChI is InChI=1S/C19H28N2S/c1-13(2)22(14(3)4,15(5)6)21-18(12-20)11-17-10-16(7)8-9-19(17)21/h8-11,13-15H,1-7H3. The highest BCUT2D eigenvalue weighted by atomic mass is 32.3. The van der Waals surface area contributed by atoms with Crippen LogP contribution in [0.4, 0.5) is 0 Å². The second-order valence-electron chi connectivity index (χ2n) is 6.87. The molecule has 2 rings (SSSR count). The van der Waals surface area contributed by atoms with E-state index in [1.807, 2.05) is 0 Å². The number of nitriles is 1. The molecule has 0 aliphatic carbocycles. The molecule has 0 aliphatic heterocycles. The first-order valence-electron chi connectivity index (χ1n) is 8.09. The first kappa shape index (κ1) is 17.0. The van der Waals surface area contributed by atoms with E-state index in [2.05, 4.69) is 82.8 Å². The van der Waals surface area contributed by atoms with E-state index in [0.29, 0.717) is 15.7 Å². The summed E-state index contributed by atoms with van der Waals surface area (Å²) in [6, 6.07) is 11.1. The summed E-state index contributed by atoms with van der Waals surface area (Å²) in [4.78, 5) is 0. The van der Waals surface area contributed by atoms with Gasteiger partial charge in [0.05, 0.1) is 5.52 Å². The third kappa shape index (κ3) is 2.34. The van der Waals surface area contributed by atoms with Gasteiger partial charge in [-0.3, -0.25) is 3.97 Å². The Labute approximate surface area is 136 Å². The van der Waals surface area contributed by atoms with Crippen molar-refractivity contribution in [3.05, 3.63) is 35.5 Å². The largest absolute Gasteiger partial charge is 0.292 e. The third-order valence-electron chi connectivity index (χ3n) is 4.61. The zero-order valence-corrected chi connectivity index (χ0v) is 15.7. The summed E-state index contributed by atoms with van der Waals surface area (Å²) >= 11 is 0. The van der Waals surface area contributed by atoms with Gasteiger partial charge in [-0.05, 0) is 25.1 Å². The Morgan fingerprint density at radius 3 is 1.95 bits per heavy atom. The number of nitrogens with zero attached hydrogens (tertiary/aromatic N) is 2. The highest BCUT2D eigenvalue weighted by Crippen LogP contribution is 2.63. The van der Waals surface area contributed by atoms with Crippen LogP contribution in [0.2, 0.25) is 0 Å². The second-order valence-corrected chi connectivity index (χ2v) is 11.5. The predicted octanol–water partition coefficient (Wildman–Crippen LogP) is 5.61. The smallest absolute Gasteiger partial charge is 0.130 e. The quantitative estimate of drug-likeness (QED) is 0.720. The molecule has 2 aromatic rings. The molecule has 3 heteroatoms. The van der Waals surface area contributed by atoms with Crippen LogP contribution in [0, 0.1) is 18.3 Å². The van der Waals surface area contributed by atoms with Crippen LogP contribution in [-0.2, 0) is 0 Å². The average molecular weight is 317 g/mol. The van der Waals surface area contributed by atoms with Crippen molar-refractivity contribution in [2.24, 2.45) is 0 Å². The lowest BCUT2D eigenvalue weighted by Gasteiger charge is -2.53. The molecule has 0 radical (unpaired) electrons. The Morgan fingerprint density at radius 2 is 1.50 bits per heavy atom. The van der Waals surface area contributed by atoms with E-state index in [1.165, 1.54) is 16.5 Å². The lowest BCUT2D eigenvalue weighted by atomic mass is 10.2. The molecule has 0 amide bonds. The Bertz CT molecular complexity index is 695. The summed E-state index contributed by atoms with van der Waals surface area (Å²) in [5.74, 6) is 0. The summed E-state index contributed by atoms with van der Waals surface area (Å²) in [7, 11) is -1.17. The van der Waals surface area contributed by atoms with Crippen molar-refractivity contribution in [3.8, 4) is 6.07 Å². The van der Waals surface area contributed by atoms with Crippen molar-refractivity contribution in [1.82, 2.24) is 3.97 Å². The topological polar surface area (TPSA) is 28.7 Å². The van der Waals surface area contributed by atoms with E-state index in [-0.39, 0.29) is 0 Å². The molecule has 1 aromatic heterocycles. The summed E-state index contributed by atoms with van der Waals surface area (Å²) in [5, 5.41) is 12.5. The minimum absolute atomic E-state index is 0.525. The molecule has 22 heavy (non-hydrogen) atoms. The van der Waals surface area contributed by atoms with Gasteiger partial charge in [0, 0.05) is 21.1 Å². The first-order valence-corrected chi connectivity index (χ1v) is 9.87. The summed E-state index contributed by atoms with van der Waals surface area (Å²) < 4.78 is 2.40. The number of fused-ring (bicyclic) bond motifs is 1. The van der Waals surface area contributed by atoms with E-state index in [1.54, 1.807) is 0 Å². The highest BCUT2D eigenvalue weighted by Gasteiger charge is 2.38. The van der Waals surface area contributed by atoms with Crippen LogP contribution in [-0.4, -0.2) is 19.7 Å². The van der Waals surface area contributed by atoms with Crippen LogP contribution in [0.5, 0.6) is 0 Å². The zero-order chi connectivity index (χ0) is 16.7. The number of aromatic nitrogens is 1. The SMILES string of the molecule is Cc1ccc2c(c1)cc(C#N)n2S(C(C)C)(C(C)C)C(C)C. The molecule has 120 valence electrons. The highest BCUT2D eigenvalue weighted by molar-refractivity contribution is 8.34. The summed E-state index contributed by atoms with van der Waals surface area (Å²) in [6.45, 7) is 16.0. The van der Waals surface area contributed by atoms with Gasteiger partial charge in [0.15, 0.2) is 0 Å². The lowest BCUT2D eigenvalue weighted by molar-refractivity contribution is 0.911. The Balaban J connectivity index is 2.93. The molecule has 0 spiro atoms. The number of hydrogen-bond donors (Lipinski definition) is 0. The van der Waals surface area contributed by atoms with Crippen molar-refractivity contribution < 1.29 is 0 Å². The molecule has 2 nitrogen and oxygen atoms in total. The van der Waals surface area contributed by atoms with Crippen LogP contribution < -0.4 is 0 Å². The fourth-order valence-electron chi connectivity index (χ4n) is 3.99. The summed E-state index contributed by atoms with van der Waals surface area (Å²) in [6.07, 6.45) is 0. The van der Waals surface area contributed by atoms with Crippen molar-refractivity contribution in [1.29, 1.82) is 5.26 Å². The van der Waals surface area contributed by atoms with Crippen LogP contribution in [0.25, 0.3) is 10.9 Å². The first-order chi connectivity index (χ1) is 10.3. The van der Waals surface area contributed by atoms with E-state index in [9.17, 15) is 5.26 Å². The molecule has 0 fully saturated rings. The van der Waals surface area contributed by atoms with Crippen LogP contribution >= 0.6 is 10.2 Å². The van der Waals surface area contributed by atoms with E-state index >= 15 is 0 Å². The Morgan fingerprint density at radius 1 is 0.955 bits per heavy atom. The second kappa shape index (κ2) is 6.01. The van der Waals surface area contributed by atoms with Crippen LogP contribution in [0.1, 0.15) is 52.8 Å². The van der Waals surface area contributed by atoms with Gasteiger partial charge in [-0.25, -0.2) is 0 Å². The van der Waals surface area contributed by atoms with Crippen molar-refractivity contribution in [2.75, 3.05) is 0 Å². The van der Waals surface area contributed by atoms with Gasteiger partial charge in [-0.1, -0.05) is 53.2 Å². The number of aryl methyl sites for hydroxylation is 1. The zero-order valence-electron chi connectivity index (χ0n) is 14.8. The normalized spacial score (nSPS) is 13.3. The average Bonchev–Trinajstić information content (AvgIpc) is 2.76. The molecule has 0 bridgehead atoms. The molecule has 0 atom stereocenters. The molecule has 0 N–H and O–H groups in total. The molecular weight excluding hydrogens is 288 g/mol. The molecule has 1 aromatic carbocycles. The van der Waals surface area contributed by atoms with Crippen LogP contribution in [0.15, 0.2) is 24.3 Å². The molecule has 0 saturated heterocycles. The van der Waals surface area contributed by atoms with E-state index in [4.69, 9.17) is 0 Å². The molecular formula is C19H28N2S. The maximum absolute atomic E-state index is 9.74. The maximum Gasteiger partial charge on any atom is 0.130 e. The van der Waals surface area contributed by atoms with Gasteiger partial charge in [0.25, 0.3) is 0 Å². The lowest BCUT2D eigenvalue weighted by Crippen LogP contribution is -2.34. The maximum atomic E-state index is 9.74. The predicted molar refractivity (Wildman–Crippen MR) is 99.8 cm³/mol. The minimum atomic E-state index is -1.17. The third-order valence-corrected chi connectivity index (χ3v) is 10.2. The number of hydrogen-bond acceptors (Lipinski definition) is 1. The fraction of sp³-hybridized carbons (Fsp3) is 0.526. The van der Waals surface area contributed by atoms with Gasteiger partial charge in [0.2, 0.25) is 0 Å². The van der Waals surface area contributed by atoms with Gasteiger partial charge in [-0.15, -0.1) is 0 Å². The van der Waals surface area contributed by atoms with Gasteiger partial charge < -0.3 is 0 Å². The molecule has 0 saturated carbocycles. The Kier molecular flexibility index (Phi) is 4.63. The molecule has 1 heterocycles. The minimum Gasteiger partial charge on any atom is -0.292 e. The monoisotopic (exact) mass is 316 g/mol. The van der Waals surface area contributed by atoms with Crippen LogP contribution in [0.3, 0.4) is 0 Å². The van der Waals surface area contributed by atoms with E-state index < -0.39 is 10.2 Å². The van der Waals surface area contributed by atoms with Gasteiger partial charge >= 0.3 is 0 Å². The van der Waals surface area contributed by atoms with Crippen molar-refractivity contribution in [3.63, 3.8) is 0 Å². The number of benzene rings is 1. The van der Waals surface area contributed by atoms with Crippen molar-refractivity contribution >= 4 is 21.1 Å². The van der Waals surface area contributed by atoms with Gasteiger partial charge in [-0.2, -0.15) is 15.5 Å². The van der Waals surface area contributed by atoms with Gasteiger partial charge in [0.1, 0.15) is 11.8 Å². The number of rotatable bonds is 4.